The maximum atomic E-state index is 12.5. The van der Waals surface area contributed by atoms with Gasteiger partial charge in [0.1, 0.15) is 5.75 Å². The second-order valence-electron chi connectivity index (χ2n) is 6.27. The molecule has 0 bridgehead atoms. The predicted molar refractivity (Wildman–Crippen MR) is 98.8 cm³/mol. The van der Waals surface area contributed by atoms with Crippen LogP contribution in [0.2, 0.25) is 0 Å². The van der Waals surface area contributed by atoms with Crippen LogP contribution in [0.1, 0.15) is 15.9 Å². The Morgan fingerprint density at radius 3 is 2.64 bits per heavy atom. The summed E-state index contributed by atoms with van der Waals surface area (Å²) in [6, 6.07) is 10.9. The molecule has 1 heterocycles. The van der Waals surface area contributed by atoms with Crippen molar-refractivity contribution >= 4 is 28.9 Å². The van der Waals surface area contributed by atoms with E-state index in [1.54, 1.807) is 36.2 Å². The molecule has 0 radical (unpaired) electrons. The lowest BCUT2D eigenvalue weighted by molar-refractivity contribution is -0.120. The lowest BCUT2D eigenvalue weighted by atomic mass is 10.1. The lowest BCUT2D eigenvalue weighted by Gasteiger charge is -2.26. The van der Waals surface area contributed by atoms with Crippen LogP contribution in [-0.2, 0) is 4.79 Å². The van der Waals surface area contributed by atoms with E-state index >= 15 is 0 Å². The number of anilines is 3. The minimum Gasteiger partial charge on any atom is -0.481 e. The van der Waals surface area contributed by atoms with Gasteiger partial charge in [0.15, 0.2) is 6.61 Å². The SMILES string of the molecule is Cc1cc(C(=O)Nc2ccc3c(c2)OCC(=O)N3C)ccc1N(C)C. The van der Waals surface area contributed by atoms with Gasteiger partial charge in [-0.25, -0.2) is 0 Å². The van der Waals surface area contributed by atoms with E-state index in [-0.39, 0.29) is 18.4 Å². The van der Waals surface area contributed by atoms with E-state index < -0.39 is 0 Å². The van der Waals surface area contributed by atoms with Gasteiger partial charge in [0.25, 0.3) is 11.8 Å². The Morgan fingerprint density at radius 1 is 1.20 bits per heavy atom. The number of hydrogen-bond donors (Lipinski definition) is 1. The molecule has 3 rings (SSSR count). The van der Waals surface area contributed by atoms with Crippen molar-refractivity contribution in [3.05, 3.63) is 47.5 Å². The molecular formula is C19H21N3O3. The summed E-state index contributed by atoms with van der Waals surface area (Å²) >= 11 is 0. The summed E-state index contributed by atoms with van der Waals surface area (Å²) < 4.78 is 5.45. The standard InChI is InChI=1S/C19H21N3O3/c1-12-9-13(5-7-15(12)21(2)3)19(24)20-14-6-8-16-17(10-14)25-11-18(23)22(16)4/h5-10H,11H2,1-4H3,(H,20,24). The molecule has 2 aromatic rings. The number of fused-ring (bicyclic) bond motifs is 1. The number of benzene rings is 2. The van der Waals surface area contributed by atoms with Gasteiger partial charge in [-0.2, -0.15) is 0 Å². The first-order valence-corrected chi connectivity index (χ1v) is 7.99. The van der Waals surface area contributed by atoms with Crippen LogP contribution >= 0.6 is 0 Å². The Bertz CT molecular complexity index is 846. The number of ether oxygens (including phenoxy) is 1. The van der Waals surface area contributed by atoms with Gasteiger partial charge in [-0.1, -0.05) is 0 Å². The summed E-state index contributed by atoms with van der Waals surface area (Å²) in [7, 11) is 5.64. The largest absolute Gasteiger partial charge is 0.481 e. The second-order valence-corrected chi connectivity index (χ2v) is 6.27. The number of aryl methyl sites for hydroxylation is 1. The molecule has 1 N–H and O–H groups in total. The fourth-order valence-corrected chi connectivity index (χ4v) is 2.86. The first-order chi connectivity index (χ1) is 11.9. The van der Waals surface area contributed by atoms with Gasteiger partial charge in [-0.05, 0) is 42.8 Å². The molecule has 6 heteroatoms. The Morgan fingerprint density at radius 2 is 1.96 bits per heavy atom. The topological polar surface area (TPSA) is 61.9 Å². The van der Waals surface area contributed by atoms with Crippen molar-refractivity contribution in [2.24, 2.45) is 0 Å². The summed E-state index contributed by atoms with van der Waals surface area (Å²) in [5.41, 5.74) is 4.02. The monoisotopic (exact) mass is 339 g/mol. The van der Waals surface area contributed by atoms with Crippen molar-refractivity contribution in [1.82, 2.24) is 0 Å². The Balaban J connectivity index is 1.80. The Labute approximate surface area is 147 Å². The molecule has 0 saturated heterocycles. The number of carbonyl (C=O) groups is 2. The summed E-state index contributed by atoms with van der Waals surface area (Å²) in [5, 5.41) is 2.87. The van der Waals surface area contributed by atoms with E-state index in [4.69, 9.17) is 4.74 Å². The van der Waals surface area contributed by atoms with Crippen LogP contribution in [0.4, 0.5) is 17.1 Å². The van der Waals surface area contributed by atoms with E-state index in [9.17, 15) is 9.59 Å². The summed E-state index contributed by atoms with van der Waals surface area (Å²) in [6.45, 7) is 1.98. The van der Waals surface area contributed by atoms with E-state index in [1.165, 1.54) is 0 Å². The lowest BCUT2D eigenvalue weighted by Crippen LogP contribution is -2.35. The molecule has 6 nitrogen and oxygen atoms in total. The van der Waals surface area contributed by atoms with Crippen molar-refractivity contribution in [2.75, 3.05) is 42.9 Å². The number of hydrogen-bond acceptors (Lipinski definition) is 4. The molecule has 0 spiro atoms. The van der Waals surface area contributed by atoms with Crippen molar-refractivity contribution in [2.45, 2.75) is 6.92 Å². The molecule has 1 aliphatic rings. The van der Waals surface area contributed by atoms with Crippen LogP contribution in [0, 0.1) is 6.92 Å². The molecule has 25 heavy (non-hydrogen) atoms. The zero-order chi connectivity index (χ0) is 18.1. The van der Waals surface area contributed by atoms with Crippen LogP contribution in [-0.4, -0.2) is 39.6 Å². The van der Waals surface area contributed by atoms with Crippen LogP contribution in [0.15, 0.2) is 36.4 Å². The van der Waals surface area contributed by atoms with Crippen molar-refractivity contribution < 1.29 is 14.3 Å². The molecule has 1 aliphatic heterocycles. The van der Waals surface area contributed by atoms with E-state index in [0.29, 0.717) is 22.7 Å². The molecule has 0 unspecified atom stereocenters. The molecule has 2 aromatic carbocycles. The molecule has 0 aromatic heterocycles. The van der Waals surface area contributed by atoms with Gasteiger partial charge in [0, 0.05) is 44.1 Å². The van der Waals surface area contributed by atoms with Gasteiger partial charge in [-0.15, -0.1) is 0 Å². The maximum absolute atomic E-state index is 12.5. The van der Waals surface area contributed by atoms with Gasteiger partial charge < -0.3 is 19.9 Å². The highest BCUT2D eigenvalue weighted by Crippen LogP contribution is 2.33. The average Bonchev–Trinajstić information content (AvgIpc) is 2.58. The third-order valence-corrected chi connectivity index (χ3v) is 4.25. The highest BCUT2D eigenvalue weighted by Gasteiger charge is 2.22. The fraction of sp³-hybridized carbons (Fsp3) is 0.263. The summed E-state index contributed by atoms with van der Waals surface area (Å²) in [4.78, 5) is 27.7. The molecule has 0 aliphatic carbocycles. The fourth-order valence-electron chi connectivity index (χ4n) is 2.86. The van der Waals surface area contributed by atoms with Crippen LogP contribution < -0.4 is 19.9 Å². The highest BCUT2D eigenvalue weighted by molar-refractivity contribution is 6.05. The summed E-state index contributed by atoms with van der Waals surface area (Å²) in [5.74, 6) is 0.299. The van der Waals surface area contributed by atoms with Crippen molar-refractivity contribution in [1.29, 1.82) is 0 Å². The normalized spacial score (nSPS) is 13.1. The van der Waals surface area contributed by atoms with Gasteiger partial charge >= 0.3 is 0 Å². The van der Waals surface area contributed by atoms with Crippen molar-refractivity contribution in [3.8, 4) is 5.75 Å². The quantitative estimate of drug-likeness (QED) is 0.934. The number of rotatable bonds is 3. The van der Waals surface area contributed by atoms with Crippen LogP contribution in [0.3, 0.4) is 0 Å². The van der Waals surface area contributed by atoms with E-state index in [0.717, 1.165) is 11.3 Å². The van der Waals surface area contributed by atoms with E-state index in [1.807, 2.05) is 38.1 Å². The number of amides is 2. The Hall–Kier alpha value is -3.02. The average molecular weight is 339 g/mol. The third kappa shape index (κ3) is 3.28. The van der Waals surface area contributed by atoms with Crippen LogP contribution in [0.5, 0.6) is 5.75 Å². The predicted octanol–water partition coefficient (Wildman–Crippen LogP) is 2.67. The van der Waals surface area contributed by atoms with E-state index in [2.05, 4.69) is 5.32 Å². The zero-order valence-electron chi connectivity index (χ0n) is 14.8. The zero-order valence-corrected chi connectivity index (χ0v) is 14.8. The minimum atomic E-state index is -0.186. The molecule has 2 amide bonds. The summed E-state index contributed by atoms with van der Waals surface area (Å²) in [6.07, 6.45) is 0. The van der Waals surface area contributed by atoms with Gasteiger partial charge in [-0.3, -0.25) is 9.59 Å². The van der Waals surface area contributed by atoms with Gasteiger partial charge in [0.05, 0.1) is 5.69 Å². The number of nitrogens with one attached hydrogen (secondary N) is 1. The molecule has 0 fully saturated rings. The van der Waals surface area contributed by atoms with Crippen molar-refractivity contribution in [3.63, 3.8) is 0 Å². The van der Waals surface area contributed by atoms with Crippen LogP contribution in [0.25, 0.3) is 0 Å². The third-order valence-electron chi connectivity index (χ3n) is 4.25. The smallest absolute Gasteiger partial charge is 0.264 e. The Kier molecular flexibility index (Phi) is 4.35. The maximum Gasteiger partial charge on any atom is 0.264 e. The highest BCUT2D eigenvalue weighted by atomic mass is 16.5. The molecule has 130 valence electrons. The molecular weight excluding hydrogens is 318 g/mol. The number of likely N-dealkylation sites (N-methyl/N-ethyl adjacent to an activating group) is 1. The first kappa shape index (κ1) is 16.8. The molecule has 0 saturated carbocycles. The molecule has 0 atom stereocenters. The van der Waals surface area contributed by atoms with Gasteiger partial charge in [0.2, 0.25) is 0 Å². The number of nitrogens with zero attached hydrogens (tertiary/aromatic N) is 2. The minimum absolute atomic E-state index is 0.00604. The number of carbonyl (C=O) groups excluding carboxylic acids is 2. The second kappa shape index (κ2) is 6.47. The first-order valence-electron chi connectivity index (χ1n) is 7.99.